The summed E-state index contributed by atoms with van der Waals surface area (Å²) in [7, 11) is -1.33. The molecule has 0 aliphatic carbocycles. The molecule has 0 atom stereocenters. The second kappa shape index (κ2) is 29.7. The Morgan fingerprint density at radius 1 is 0.333 bits per heavy atom. The normalized spacial score (nSPS) is 12.0. The van der Waals surface area contributed by atoms with E-state index in [-0.39, 0.29) is 0 Å². The molecular weight excluding hydrogens is 452 g/mol. The summed E-state index contributed by atoms with van der Waals surface area (Å²) in [6, 6.07) is 1.35. The lowest BCUT2D eigenvalue weighted by molar-refractivity contribution is 0.327. The Labute approximate surface area is 231 Å². The van der Waals surface area contributed by atoms with E-state index in [1.165, 1.54) is 186 Å². The van der Waals surface area contributed by atoms with Crippen LogP contribution in [0.25, 0.3) is 0 Å². The third kappa shape index (κ3) is 30.4. The summed E-state index contributed by atoms with van der Waals surface area (Å²) in [5.41, 5.74) is 0. The first-order valence-electron chi connectivity index (χ1n) is 17.3. The number of unbranched alkanes of at least 4 members (excludes halogenated alkanes) is 27. The predicted octanol–water partition coefficient (Wildman–Crippen LogP) is 13.2. The van der Waals surface area contributed by atoms with Crippen LogP contribution in [0.15, 0.2) is 0 Å². The molecule has 0 saturated heterocycles. The molecule has 0 aromatic heterocycles. The summed E-state index contributed by atoms with van der Waals surface area (Å²) in [5, 5.41) is 0. The van der Waals surface area contributed by atoms with Gasteiger partial charge in [0.25, 0.3) is 0 Å². The van der Waals surface area contributed by atoms with Crippen LogP contribution in [-0.4, -0.2) is 14.9 Å². The zero-order chi connectivity index (χ0) is 26.4. The summed E-state index contributed by atoms with van der Waals surface area (Å²) >= 11 is 0. The highest BCUT2D eigenvalue weighted by Gasteiger charge is 2.20. The molecule has 0 rings (SSSR count). The Morgan fingerprint density at radius 2 is 0.556 bits per heavy atom. The topological polar surface area (TPSA) is 9.23 Å². The largest absolute Gasteiger partial charge is 0.418 e. The van der Waals surface area contributed by atoms with Gasteiger partial charge in [0.15, 0.2) is 8.32 Å². The second-order valence-electron chi connectivity index (χ2n) is 12.5. The third-order valence-electron chi connectivity index (χ3n) is 8.17. The van der Waals surface area contributed by atoms with Crippen LogP contribution < -0.4 is 0 Å². The molecule has 0 saturated carbocycles. The van der Waals surface area contributed by atoms with Gasteiger partial charge in [0.05, 0.1) is 0 Å². The van der Waals surface area contributed by atoms with Crippen LogP contribution >= 0.6 is 0 Å². The highest BCUT2D eigenvalue weighted by Crippen LogP contribution is 2.18. The molecule has 0 N–H and O–H groups in total. The van der Waals surface area contributed by atoms with Gasteiger partial charge in [0, 0.05) is 6.61 Å². The quantitative estimate of drug-likeness (QED) is 0.0647. The third-order valence-corrected chi connectivity index (χ3v) is 10.8. The SMILES string of the molecule is CCCCCCCCCCCCCCCCCCCCCCCCCCCCCC[Si](C)(C)OCC. The molecule has 0 bridgehead atoms. The van der Waals surface area contributed by atoms with Crippen molar-refractivity contribution in [1.82, 2.24) is 0 Å². The van der Waals surface area contributed by atoms with E-state index >= 15 is 0 Å². The maximum atomic E-state index is 5.93. The van der Waals surface area contributed by atoms with E-state index in [1.54, 1.807) is 0 Å². The fraction of sp³-hybridized carbons (Fsp3) is 1.00. The Balaban J connectivity index is 3.08. The van der Waals surface area contributed by atoms with E-state index in [1.807, 2.05) is 0 Å². The summed E-state index contributed by atoms with van der Waals surface area (Å²) in [5.74, 6) is 0. The van der Waals surface area contributed by atoms with Gasteiger partial charge >= 0.3 is 0 Å². The van der Waals surface area contributed by atoms with Crippen molar-refractivity contribution in [1.29, 1.82) is 0 Å². The predicted molar refractivity (Wildman–Crippen MR) is 169 cm³/mol. The van der Waals surface area contributed by atoms with Gasteiger partial charge in [-0.2, -0.15) is 0 Å². The van der Waals surface area contributed by atoms with Crippen LogP contribution in [-0.2, 0) is 4.43 Å². The molecule has 0 aromatic carbocycles. The highest BCUT2D eigenvalue weighted by atomic mass is 28.4. The second-order valence-corrected chi connectivity index (χ2v) is 16.8. The molecule has 0 aliphatic heterocycles. The van der Waals surface area contributed by atoms with Crippen LogP contribution in [0.5, 0.6) is 0 Å². The average molecular weight is 525 g/mol. The van der Waals surface area contributed by atoms with E-state index in [4.69, 9.17) is 4.43 Å². The van der Waals surface area contributed by atoms with Crippen molar-refractivity contribution < 1.29 is 4.43 Å². The smallest absolute Gasteiger partial charge is 0.186 e. The number of hydrogen-bond donors (Lipinski definition) is 0. The fourth-order valence-electron chi connectivity index (χ4n) is 5.68. The van der Waals surface area contributed by atoms with E-state index in [9.17, 15) is 0 Å². The van der Waals surface area contributed by atoms with Gasteiger partial charge < -0.3 is 4.43 Å². The van der Waals surface area contributed by atoms with Crippen LogP contribution in [0.4, 0.5) is 0 Å². The van der Waals surface area contributed by atoms with Crippen LogP contribution in [0.1, 0.15) is 194 Å². The van der Waals surface area contributed by atoms with Crippen LogP contribution in [0, 0.1) is 0 Å². The van der Waals surface area contributed by atoms with Crippen molar-refractivity contribution in [3.05, 3.63) is 0 Å². The lowest BCUT2D eigenvalue weighted by Gasteiger charge is -2.21. The molecule has 0 aromatic rings. The first-order valence-corrected chi connectivity index (χ1v) is 20.4. The minimum atomic E-state index is -1.33. The Kier molecular flexibility index (Phi) is 29.9. The molecule has 1 nitrogen and oxygen atoms in total. The van der Waals surface area contributed by atoms with Gasteiger partial charge in [-0.05, 0) is 26.1 Å². The molecule has 218 valence electrons. The molecule has 2 heteroatoms. The van der Waals surface area contributed by atoms with E-state index in [0.29, 0.717) is 0 Å². The monoisotopic (exact) mass is 525 g/mol. The minimum absolute atomic E-state index is 0.902. The molecule has 36 heavy (non-hydrogen) atoms. The lowest BCUT2D eigenvalue weighted by atomic mass is 10.0. The Morgan fingerprint density at radius 3 is 0.778 bits per heavy atom. The van der Waals surface area contributed by atoms with Gasteiger partial charge in [0.1, 0.15) is 0 Å². The number of hydrogen-bond acceptors (Lipinski definition) is 1. The van der Waals surface area contributed by atoms with E-state index in [2.05, 4.69) is 26.9 Å². The van der Waals surface area contributed by atoms with Gasteiger partial charge in [0.2, 0.25) is 0 Å². The highest BCUT2D eigenvalue weighted by molar-refractivity contribution is 6.71. The van der Waals surface area contributed by atoms with Gasteiger partial charge in [-0.1, -0.05) is 187 Å². The Hall–Kier alpha value is 0.177. The summed E-state index contributed by atoms with van der Waals surface area (Å²) in [6.07, 6.45) is 41.2. The molecule has 0 radical (unpaired) electrons. The van der Waals surface area contributed by atoms with E-state index in [0.717, 1.165) is 6.61 Å². The van der Waals surface area contributed by atoms with E-state index < -0.39 is 8.32 Å². The molecule has 0 amide bonds. The van der Waals surface area contributed by atoms with Crippen molar-refractivity contribution in [2.24, 2.45) is 0 Å². The number of rotatable bonds is 31. The van der Waals surface area contributed by atoms with Crippen molar-refractivity contribution in [3.8, 4) is 0 Å². The fourth-order valence-corrected chi connectivity index (χ4v) is 7.71. The molecule has 0 heterocycles. The average Bonchev–Trinajstić information content (AvgIpc) is 2.85. The lowest BCUT2D eigenvalue weighted by Crippen LogP contribution is -2.29. The van der Waals surface area contributed by atoms with Crippen LogP contribution in [0.2, 0.25) is 19.1 Å². The maximum Gasteiger partial charge on any atom is 0.186 e. The van der Waals surface area contributed by atoms with Gasteiger partial charge in [-0.15, -0.1) is 0 Å². The summed E-state index contributed by atoms with van der Waals surface area (Å²) < 4.78 is 5.93. The maximum absolute atomic E-state index is 5.93. The van der Waals surface area contributed by atoms with Gasteiger partial charge in [-0.25, -0.2) is 0 Å². The van der Waals surface area contributed by atoms with Crippen molar-refractivity contribution >= 4 is 8.32 Å². The summed E-state index contributed by atoms with van der Waals surface area (Å²) in [4.78, 5) is 0. The zero-order valence-electron chi connectivity index (χ0n) is 26.1. The Bertz CT molecular complexity index is 395. The summed E-state index contributed by atoms with van der Waals surface area (Å²) in [6.45, 7) is 10.1. The van der Waals surface area contributed by atoms with Crippen molar-refractivity contribution in [2.45, 2.75) is 213 Å². The molecule has 0 fully saturated rings. The van der Waals surface area contributed by atoms with Crippen LogP contribution in [0.3, 0.4) is 0 Å². The molecule has 0 unspecified atom stereocenters. The zero-order valence-corrected chi connectivity index (χ0v) is 27.1. The first-order chi connectivity index (χ1) is 17.6. The molecule has 0 aliphatic rings. The molecule has 0 spiro atoms. The van der Waals surface area contributed by atoms with Gasteiger partial charge in [-0.3, -0.25) is 0 Å². The standard InChI is InChI=1S/C34H72OSi/c1-5-7-8-9-10-11-12-13-14-15-16-17-18-19-20-21-22-23-24-25-26-27-28-29-30-31-32-33-34-36(3,4)35-6-2/h5-34H2,1-4H3. The molecular formula is C34H72OSi. The first kappa shape index (κ1) is 36.2. The minimum Gasteiger partial charge on any atom is -0.418 e. The van der Waals surface area contributed by atoms with Crippen molar-refractivity contribution in [2.75, 3.05) is 6.61 Å². The van der Waals surface area contributed by atoms with Crippen molar-refractivity contribution in [3.63, 3.8) is 0 Å².